The lowest BCUT2D eigenvalue weighted by atomic mass is 10.0. The van der Waals surface area contributed by atoms with Crippen LogP contribution in [0.15, 0.2) is 12.2 Å². The highest BCUT2D eigenvalue weighted by molar-refractivity contribution is 7.45. The normalized spacial score (nSPS) is 13.5. The monoisotopic (exact) mass is 1240 g/mol. The number of aliphatic hydroxyl groups excluding tert-OH is 1. The molecule has 1 amide bonds. The molecule has 9 heteroatoms. The van der Waals surface area contributed by atoms with Crippen molar-refractivity contribution in [3.63, 3.8) is 0 Å². The molecule has 0 spiro atoms. The third-order valence-corrected chi connectivity index (χ3v) is 19.5. The summed E-state index contributed by atoms with van der Waals surface area (Å²) in [5, 5.41) is 14.0. The quantitative estimate of drug-likeness (QED) is 0.0272. The topological polar surface area (TPSA) is 108 Å². The van der Waals surface area contributed by atoms with Gasteiger partial charge in [0.2, 0.25) is 5.91 Å². The number of phosphoric ester groups is 1. The van der Waals surface area contributed by atoms with E-state index in [4.69, 9.17) is 9.05 Å². The van der Waals surface area contributed by atoms with Gasteiger partial charge in [0.15, 0.2) is 0 Å². The summed E-state index contributed by atoms with van der Waals surface area (Å²) in [6.45, 7) is 4.73. The van der Waals surface area contributed by atoms with E-state index in [1.54, 1.807) is 6.08 Å². The lowest BCUT2D eigenvalue weighted by molar-refractivity contribution is -0.870. The van der Waals surface area contributed by atoms with Crippen LogP contribution in [0.1, 0.15) is 425 Å². The smallest absolute Gasteiger partial charge is 0.268 e. The zero-order valence-corrected chi connectivity index (χ0v) is 60.0. The summed E-state index contributed by atoms with van der Waals surface area (Å²) >= 11 is 0. The minimum absolute atomic E-state index is 0.00315. The summed E-state index contributed by atoms with van der Waals surface area (Å²) < 4.78 is 23.5. The van der Waals surface area contributed by atoms with Crippen LogP contribution in [0, 0.1) is 0 Å². The molecule has 0 saturated heterocycles. The Hall–Kier alpha value is -0.760. The number of carbonyl (C=O) groups is 1. The van der Waals surface area contributed by atoms with Crippen LogP contribution in [-0.4, -0.2) is 68.5 Å². The molecular formula is C77H155N2O6P. The molecule has 0 saturated carbocycles. The van der Waals surface area contributed by atoms with Crippen molar-refractivity contribution in [2.45, 2.75) is 437 Å². The van der Waals surface area contributed by atoms with E-state index in [2.05, 4.69) is 19.2 Å². The SMILES string of the molecule is CCCCCCCCCCCCCCCCCCCCCCCCCCCCCCCC/C=C/C(O)C(COP(=O)([O-])OCC[N+](C)(C)C)NC(=O)CCCCCCCCCCCCCCCCCCCCCCCCCCCCCCCCCC. The maximum Gasteiger partial charge on any atom is 0.268 e. The number of unbranched alkanes of at least 4 members (excludes halogenated alkanes) is 61. The van der Waals surface area contributed by atoms with Crippen LogP contribution >= 0.6 is 7.82 Å². The number of nitrogens with zero attached hydrogens (tertiary/aromatic N) is 1. The van der Waals surface area contributed by atoms with Gasteiger partial charge >= 0.3 is 0 Å². The summed E-state index contributed by atoms with van der Waals surface area (Å²) in [6, 6.07) is -0.884. The number of allylic oxidation sites excluding steroid dienone is 1. The van der Waals surface area contributed by atoms with E-state index in [-0.39, 0.29) is 19.1 Å². The summed E-state index contributed by atoms with van der Waals surface area (Å²) in [6.07, 6.45) is 89.5. The molecule has 514 valence electrons. The van der Waals surface area contributed by atoms with E-state index in [1.165, 1.54) is 366 Å². The number of rotatable bonds is 74. The molecule has 0 radical (unpaired) electrons. The maximum atomic E-state index is 13.1. The second-order valence-electron chi connectivity index (χ2n) is 28.4. The Morgan fingerprint density at radius 1 is 0.395 bits per heavy atom. The van der Waals surface area contributed by atoms with E-state index < -0.39 is 20.0 Å². The van der Waals surface area contributed by atoms with Gasteiger partial charge in [0, 0.05) is 6.42 Å². The molecule has 2 N–H and O–H groups in total. The van der Waals surface area contributed by atoms with Gasteiger partial charge in [0.05, 0.1) is 39.9 Å². The Morgan fingerprint density at radius 2 is 0.628 bits per heavy atom. The first-order valence-corrected chi connectivity index (χ1v) is 40.5. The van der Waals surface area contributed by atoms with Gasteiger partial charge in [-0.15, -0.1) is 0 Å². The summed E-state index contributed by atoms with van der Waals surface area (Å²) in [5.74, 6) is -0.186. The van der Waals surface area contributed by atoms with Gasteiger partial charge in [-0.1, -0.05) is 411 Å². The Balaban J connectivity index is 3.95. The lowest BCUT2D eigenvalue weighted by Crippen LogP contribution is -2.45. The number of hydrogen-bond acceptors (Lipinski definition) is 6. The highest BCUT2D eigenvalue weighted by atomic mass is 31.2. The van der Waals surface area contributed by atoms with Crippen LogP contribution in [0.4, 0.5) is 0 Å². The Morgan fingerprint density at radius 3 is 0.872 bits per heavy atom. The first-order valence-electron chi connectivity index (χ1n) is 39.1. The van der Waals surface area contributed by atoms with Gasteiger partial charge in [0.25, 0.3) is 7.82 Å². The Labute approximate surface area is 539 Å². The predicted molar refractivity (Wildman–Crippen MR) is 376 cm³/mol. The average molecular weight is 1240 g/mol. The molecule has 0 rings (SSSR count). The third kappa shape index (κ3) is 70.7. The number of phosphoric acid groups is 1. The third-order valence-electron chi connectivity index (χ3n) is 18.5. The van der Waals surface area contributed by atoms with Crippen LogP contribution in [0.3, 0.4) is 0 Å². The number of carbonyl (C=O) groups excluding carboxylic acids is 1. The molecule has 0 aromatic rings. The molecule has 0 aliphatic heterocycles. The zero-order valence-electron chi connectivity index (χ0n) is 59.1. The highest BCUT2D eigenvalue weighted by Crippen LogP contribution is 2.38. The van der Waals surface area contributed by atoms with E-state index in [0.29, 0.717) is 17.4 Å². The Kier molecular flexibility index (Phi) is 68.0. The number of aliphatic hydroxyl groups is 1. The van der Waals surface area contributed by atoms with E-state index >= 15 is 0 Å². The molecule has 0 bridgehead atoms. The van der Waals surface area contributed by atoms with Crippen molar-refractivity contribution in [3.8, 4) is 0 Å². The maximum absolute atomic E-state index is 13.1. The fourth-order valence-corrected chi connectivity index (χ4v) is 13.2. The zero-order chi connectivity index (χ0) is 62.6. The molecule has 0 aromatic carbocycles. The molecule has 0 aliphatic carbocycles. The van der Waals surface area contributed by atoms with Crippen molar-refractivity contribution in [2.24, 2.45) is 0 Å². The van der Waals surface area contributed by atoms with Gasteiger partial charge in [-0.25, -0.2) is 0 Å². The van der Waals surface area contributed by atoms with Crippen molar-refractivity contribution < 1.29 is 32.9 Å². The number of nitrogens with one attached hydrogen (secondary N) is 1. The van der Waals surface area contributed by atoms with Crippen molar-refractivity contribution >= 4 is 13.7 Å². The van der Waals surface area contributed by atoms with Crippen molar-refractivity contribution in [1.29, 1.82) is 0 Å². The molecule has 8 nitrogen and oxygen atoms in total. The summed E-state index contributed by atoms with van der Waals surface area (Å²) in [4.78, 5) is 25.7. The fraction of sp³-hybridized carbons (Fsp3) is 0.961. The first-order chi connectivity index (χ1) is 42.0. The minimum Gasteiger partial charge on any atom is -0.756 e. The van der Waals surface area contributed by atoms with Gasteiger partial charge in [-0.3, -0.25) is 9.36 Å². The van der Waals surface area contributed by atoms with Crippen LogP contribution in [0.5, 0.6) is 0 Å². The second kappa shape index (κ2) is 68.6. The van der Waals surface area contributed by atoms with E-state index in [9.17, 15) is 19.4 Å². The molecule has 0 fully saturated rings. The fourth-order valence-electron chi connectivity index (χ4n) is 12.5. The minimum atomic E-state index is -4.60. The molecule has 3 unspecified atom stereocenters. The summed E-state index contributed by atoms with van der Waals surface area (Å²) in [5.41, 5.74) is 0. The number of amides is 1. The van der Waals surface area contributed by atoms with E-state index in [0.717, 1.165) is 38.5 Å². The van der Waals surface area contributed by atoms with Crippen molar-refractivity contribution in [2.75, 3.05) is 40.9 Å². The van der Waals surface area contributed by atoms with E-state index in [1.807, 2.05) is 27.2 Å². The first kappa shape index (κ1) is 85.2. The van der Waals surface area contributed by atoms with Crippen LogP contribution in [-0.2, 0) is 18.4 Å². The van der Waals surface area contributed by atoms with Crippen LogP contribution in [0.25, 0.3) is 0 Å². The average Bonchev–Trinajstić information content (AvgIpc) is 3.70. The predicted octanol–water partition coefficient (Wildman–Crippen LogP) is 24.6. The van der Waals surface area contributed by atoms with Crippen molar-refractivity contribution in [3.05, 3.63) is 12.2 Å². The number of quaternary nitrogens is 1. The summed E-state index contributed by atoms with van der Waals surface area (Å²) in [7, 11) is 1.29. The molecule has 0 heterocycles. The molecule has 0 aliphatic rings. The molecule has 86 heavy (non-hydrogen) atoms. The lowest BCUT2D eigenvalue weighted by Gasteiger charge is -2.29. The largest absolute Gasteiger partial charge is 0.756 e. The highest BCUT2D eigenvalue weighted by Gasteiger charge is 2.23. The van der Waals surface area contributed by atoms with Gasteiger partial charge in [0.1, 0.15) is 13.2 Å². The molecule has 3 atom stereocenters. The Bertz CT molecular complexity index is 1410. The standard InChI is InChI=1S/C77H155N2O6P/c1-6-8-10-12-14-16-18-20-22-24-26-28-30-32-34-36-38-40-42-44-46-48-50-52-54-56-58-60-62-64-66-68-70-76(80)75(74-85-86(82,83)84-73-72-79(3,4)5)78-77(81)71-69-67-65-63-61-59-57-55-53-51-49-47-45-43-41-39-37-35-33-31-29-27-25-23-21-19-17-15-13-11-9-7-2/h68,70,75-76,80H,6-67,69,71-74H2,1-5H3,(H-,78,81,82,83)/b70-68+. The number of likely N-dealkylation sites (N-methyl/N-ethyl adjacent to an activating group) is 1. The van der Waals surface area contributed by atoms with Gasteiger partial charge in [-0.2, -0.15) is 0 Å². The van der Waals surface area contributed by atoms with Crippen LogP contribution in [0.2, 0.25) is 0 Å². The molecular weight excluding hydrogens is 1080 g/mol. The second-order valence-corrected chi connectivity index (χ2v) is 29.8. The van der Waals surface area contributed by atoms with Crippen LogP contribution < -0.4 is 10.2 Å². The van der Waals surface area contributed by atoms with Crippen molar-refractivity contribution in [1.82, 2.24) is 5.32 Å². The molecule has 0 aromatic heterocycles. The van der Waals surface area contributed by atoms with Gasteiger partial charge in [-0.05, 0) is 19.3 Å². The number of hydrogen-bond donors (Lipinski definition) is 2. The van der Waals surface area contributed by atoms with Gasteiger partial charge < -0.3 is 28.8 Å².